The van der Waals surface area contributed by atoms with Crippen molar-refractivity contribution in [1.82, 2.24) is 0 Å². The zero-order valence-corrected chi connectivity index (χ0v) is 8.29. The van der Waals surface area contributed by atoms with Crippen LogP contribution in [0.3, 0.4) is 0 Å². The predicted octanol–water partition coefficient (Wildman–Crippen LogP) is 1.31. The minimum Gasteiger partial charge on any atom is -0.461 e. The van der Waals surface area contributed by atoms with Gasteiger partial charge < -0.3 is 4.74 Å². The lowest BCUT2D eigenvalue weighted by Gasteiger charge is -2.49. The number of ketones is 1. The first-order valence-electron chi connectivity index (χ1n) is 5.32. The monoisotopic (exact) mass is 194 g/mol. The molecule has 3 saturated carbocycles. The van der Waals surface area contributed by atoms with Crippen molar-refractivity contribution in [1.29, 1.82) is 0 Å². The molecular weight excluding hydrogens is 180 g/mol. The second-order valence-electron chi connectivity index (χ2n) is 5.22. The van der Waals surface area contributed by atoms with Gasteiger partial charge in [-0.2, -0.15) is 0 Å². The number of carbonyl (C=O) groups is 2. The zero-order chi connectivity index (χ0) is 9.92. The van der Waals surface area contributed by atoms with Crippen LogP contribution in [0.25, 0.3) is 0 Å². The van der Waals surface area contributed by atoms with Crippen LogP contribution in [0.15, 0.2) is 0 Å². The van der Waals surface area contributed by atoms with Gasteiger partial charge in [0.2, 0.25) is 0 Å². The van der Waals surface area contributed by atoms with Gasteiger partial charge in [-0.05, 0) is 12.8 Å². The Hall–Kier alpha value is -0.860. The molecule has 14 heavy (non-hydrogen) atoms. The number of rotatable bonds is 0. The largest absolute Gasteiger partial charge is 0.461 e. The average molecular weight is 194 g/mol. The van der Waals surface area contributed by atoms with E-state index in [1.54, 1.807) is 0 Å². The first kappa shape index (κ1) is 8.45. The second-order valence-corrected chi connectivity index (χ2v) is 5.22. The summed E-state index contributed by atoms with van der Waals surface area (Å²) in [4.78, 5) is 23.0. The Kier molecular flexibility index (Phi) is 1.44. The number of esters is 1. The smallest absolute Gasteiger partial charge is 0.306 e. The third-order valence-corrected chi connectivity index (χ3v) is 4.27. The Morgan fingerprint density at radius 1 is 1.43 bits per heavy atom. The second kappa shape index (κ2) is 2.38. The highest BCUT2D eigenvalue weighted by atomic mass is 16.6. The molecule has 4 atom stereocenters. The van der Waals surface area contributed by atoms with Gasteiger partial charge in [-0.3, -0.25) is 9.59 Å². The molecule has 3 aliphatic carbocycles. The third kappa shape index (κ3) is 0.877. The van der Waals surface area contributed by atoms with Crippen molar-refractivity contribution in [3.63, 3.8) is 0 Å². The van der Waals surface area contributed by atoms with E-state index in [0.29, 0.717) is 18.6 Å². The Bertz CT molecular complexity index is 322. The fourth-order valence-corrected chi connectivity index (χ4v) is 3.55. The van der Waals surface area contributed by atoms with Crippen LogP contribution < -0.4 is 0 Å². The molecule has 0 aromatic rings. The SMILES string of the molecule is C[C@]12CC[C@H](C(=O)C1)[C@H]1CC(=O)O[C@H]12. The van der Waals surface area contributed by atoms with Gasteiger partial charge in [0.05, 0.1) is 6.42 Å². The van der Waals surface area contributed by atoms with E-state index >= 15 is 0 Å². The summed E-state index contributed by atoms with van der Waals surface area (Å²) in [5, 5.41) is 0. The van der Waals surface area contributed by atoms with Gasteiger partial charge in [-0.1, -0.05) is 6.92 Å². The maximum atomic E-state index is 11.7. The van der Waals surface area contributed by atoms with E-state index in [1.807, 2.05) is 0 Å². The molecule has 0 radical (unpaired) electrons. The van der Waals surface area contributed by atoms with Crippen molar-refractivity contribution in [2.24, 2.45) is 17.3 Å². The molecule has 0 amide bonds. The molecule has 4 rings (SSSR count). The summed E-state index contributed by atoms with van der Waals surface area (Å²) in [7, 11) is 0. The van der Waals surface area contributed by atoms with Crippen molar-refractivity contribution in [3.8, 4) is 0 Å². The molecule has 4 fully saturated rings. The van der Waals surface area contributed by atoms with E-state index in [-0.39, 0.29) is 29.3 Å². The lowest BCUT2D eigenvalue weighted by Crippen LogP contribution is -2.53. The number of fused-ring (bicyclic) bond motifs is 2. The molecule has 1 aliphatic heterocycles. The van der Waals surface area contributed by atoms with Crippen molar-refractivity contribution in [2.45, 2.75) is 38.7 Å². The van der Waals surface area contributed by atoms with E-state index < -0.39 is 0 Å². The topological polar surface area (TPSA) is 43.4 Å². The summed E-state index contributed by atoms with van der Waals surface area (Å²) < 4.78 is 5.36. The quantitative estimate of drug-likeness (QED) is 0.546. The summed E-state index contributed by atoms with van der Waals surface area (Å²) in [6, 6.07) is 0. The first-order chi connectivity index (χ1) is 6.60. The summed E-state index contributed by atoms with van der Waals surface area (Å²) >= 11 is 0. The van der Waals surface area contributed by atoms with E-state index in [9.17, 15) is 9.59 Å². The zero-order valence-electron chi connectivity index (χ0n) is 8.29. The van der Waals surface area contributed by atoms with Crippen LogP contribution in [-0.2, 0) is 14.3 Å². The van der Waals surface area contributed by atoms with Crippen LogP contribution in [0, 0.1) is 17.3 Å². The normalized spacial score (nSPS) is 50.5. The number of ether oxygens (including phenoxy) is 1. The summed E-state index contributed by atoms with van der Waals surface area (Å²) in [6.45, 7) is 2.09. The highest BCUT2D eigenvalue weighted by molar-refractivity contribution is 5.86. The van der Waals surface area contributed by atoms with Crippen LogP contribution in [-0.4, -0.2) is 17.9 Å². The van der Waals surface area contributed by atoms with Gasteiger partial charge in [0, 0.05) is 23.7 Å². The van der Waals surface area contributed by atoms with Gasteiger partial charge in [-0.15, -0.1) is 0 Å². The lowest BCUT2D eigenvalue weighted by atomic mass is 9.55. The molecule has 2 bridgehead atoms. The minimum atomic E-state index is -0.104. The molecule has 1 saturated heterocycles. The highest BCUT2D eigenvalue weighted by Gasteiger charge is 2.59. The molecule has 0 spiro atoms. The molecule has 4 aliphatic rings. The van der Waals surface area contributed by atoms with Gasteiger partial charge in [0.15, 0.2) is 0 Å². The molecule has 0 N–H and O–H groups in total. The fraction of sp³-hybridized carbons (Fsp3) is 0.818. The standard InChI is InChI=1S/C11H14O3/c1-11-3-2-6(8(12)5-11)7-4-9(13)14-10(7)11/h6-7,10H,2-5H2,1H3/t6-,7+,10+,11-/m0/s1. The van der Waals surface area contributed by atoms with E-state index in [2.05, 4.69) is 6.92 Å². The predicted molar refractivity (Wildman–Crippen MR) is 48.4 cm³/mol. The molecule has 0 aromatic heterocycles. The molecule has 3 heteroatoms. The van der Waals surface area contributed by atoms with Gasteiger partial charge >= 0.3 is 5.97 Å². The number of hydrogen-bond acceptors (Lipinski definition) is 3. The van der Waals surface area contributed by atoms with Crippen molar-refractivity contribution in [2.75, 3.05) is 0 Å². The van der Waals surface area contributed by atoms with E-state index in [1.165, 1.54) is 0 Å². The van der Waals surface area contributed by atoms with Crippen LogP contribution in [0.5, 0.6) is 0 Å². The molecule has 3 nitrogen and oxygen atoms in total. The van der Waals surface area contributed by atoms with Crippen LogP contribution in [0.1, 0.15) is 32.6 Å². The lowest BCUT2D eigenvalue weighted by molar-refractivity contribution is -0.161. The van der Waals surface area contributed by atoms with E-state index in [0.717, 1.165) is 12.8 Å². The summed E-state index contributed by atoms with van der Waals surface area (Å²) in [6.07, 6.45) is 3.12. The molecule has 1 heterocycles. The van der Waals surface area contributed by atoms with Crippen LogP contribution in [0.4, 0.5) is 0 Å². The first-order valence-corrected chi connectivity index (χ1v) is 5.32. The van der Waals surface area contributed by atoms with Gasteiger partial charge in [0.1, 0.15) is 11.9 Å². The minimum absolute atomic E-state index is 0.0337. The Morgan fingerprint density at radius 2 is 2.21 bits per heavy atom. The fourth-order valence-electron chi connectivity index (χ4n) is 3.55. The maximum absolute atomic E-state index is 11.7. The van der Waals surface area contributed by atoms with Crippen LogP contribution >= 0.6 is 0 Å². The Morgan fingerprint density at radius 3 is 2.93 bits per heavy atom. The average Bonchev–Trinajstić information content (AvgIpc) is 2.47. The summed E-state index contributed by atoms with van der Waals surface area (Å²) in [5.41, 5.74) is -0.0529. The number of hydrogen-bond donors (Lipinski definition) is 0. The third-order valence-electron chi connectivity index (χ3n) is 4.27. The van der Waals surface area contributed by atoms with Crippen LogP contribution in [0.2, 0.25) is 0 Å². The van der Waals surface area contributed by atoms with E-state index in [4.69, 9.17) is 4.74 Å². The van der Waals surface area contributed by atoms with Gasteiger partial charge in [0.25, 0.3) is 0 Å². The van der Waals surface area contributed by atoms with Crippen molar-refractivity contribution >= 4 is 11.8 Å². The Labute approximate surface area is 82.8 Å². The van der Waals surface area contributed by atoms with Crippen molar-refractivity contribution < 1.29 is 14.3 Å². The van der Waals surface area contributed by atoms with Crippen molar-refractivity contribution in [3.05, 3.63) is 0 Å². The number of Topliss-reactive ketones (excluding diaryl/α,β-unsaturated/α-hetero) is 1. The molecule has 0 unspecified atom stereocenters. The molecular formula is C11H14O3. The van der Waals surface area contributed by atoms with Gasteiger partial charge in [-0.25, -0.2) is 0 Å². The maximum Gasteiger partial charge on any atom is 0.306 e. The number of carbonyl (C=O) groups excluding carboxylic acids is 2. The Balaban J connectivity index is 2.02. The summed E-state index contributed by atoms with van der Waals surface area (Å²) in [5.74, 6) is 0.571. The molecule has 0 aromatic carbocycles. The highest BCUT2D eigenvalue weighted by Crippen LogP contribution is 2.55. The molecule has 76 valence electrons.